The number of hydrogen-bond acceptors (Lipinski definition) is 5. The van der Waals surface area contributed by atoms with Crippen molar-refractivity contribution in [2.24, 2.45) is 35.4 Å². The molecule has 0 amide bonds. The van der Waals surface area contributed by atoms with Crippen LogP contribution in [0.5, 0.6) is 5.75 Å². The van der Waals surface area contributed by atoms with Crippen molar-refractivity contribution in [3.63, 3.8) is 0 Å². The number of nitrogen functional groups attached to an aromatic ring is 1. The predicted octanol–water partition coefficient (Wildman–Crippen LogP) is 2.21. The predicted molar refractivity (Wildman–Crippen MR) is 75.9 cm³/mol. The molecule has 5 rings (SSSR count). The zero-order valence-electron chi connectivity index (χ0n) is 11.7. The average molecular weight is 274 g/mol. The summed E-state index contributed by atoms with van der Waals surface area (Å²) in [4.78, 5) is 8.10. The van der Waals surface area contributed by atoms with Crippen LogP contribution in [0.15, 0.2) is 12.5 Å². The molecule has 4 aliphatic carbocycles. The Morgan fingerprint density at radius 1 is 1.15 bits per heavy atom. The van der Waals surface area contributed by atoms with Crippen LogP contribution < -0.4 is 16.0 Å². The molecule has 0 radical (unpaired) electrons. The Balaban J connectivity index is 1.45. The van der Waals surface area contributed by atoms with Gasteiger partial charge in [0, 0.05) is 0 Å². The van der Waals surface area contributed by atoms with Crippen LogP contribution in [0.25, 0.3) is 0 Å². The Morgan fingerprint density at radius 3 is 2.50 bits per heavy atom. The van der Waals surface area contributed by atoms with Gasteiger partial charge in [0.05, 0.1) is 12.8 Å². The second-order valence-corrected chi connectivity index (χ2v) is 6.79. The molecule has 0 spiro atoms. The van der Waals surface area contributed by atoms with E-state index in [4.69, 9.17) is 10.6 Å². The molecule has 0 aromatic carbocycles. The molecule has 5 heteroatoms. The molecule has 0 unspecified atom stereocenters. The van der Waals surface area contributed by atoms with Crippen LogP contribution in [0, 0.1) is 29.6 Å². The highest BCUT2D eigenvalue weighted by Gasteiger charge is 2.48. The molecule has 4 bridgehead atoms. The van der Waals surface area contributed by atoms with Crippen molar-refractivity contribution in [2.45, 2.75) is 32.1 Å². The molecule has 4 fully saturated rings. The first-order chi connectivity index (χ1) is 9.83. The lowest BCUT2D eigenvalue weighted by atomic mass is 9.52. The first-order valence-electron chi connectivity index (χ1n) is 7.73. The third-order valence-electron chi connectivity index (χ3n) is 5.67. The van der Waals surface area contributed by atoms with E-state index in [-0.39, 0.29) is 0 Å². The van der Waals surface area contributed by atoms with Gasteiger partial charge in [-0.15, -0.1) is 0 Å². The summed E-state index contributed by atoms with van der Waals surface area (Å²) in [6.07, 6.45) is 10.4. The molecule has 1 heterocycles. The number of aromatic nitrogens is 2. The molecular formula is C15H22N4O. The van der Waals surface area contributed by atoms with Crippen molar-refractivity contribution >= 4 is 5.82 Å². The molecule has 1 aromatic rings. The molecule has 3 N–H and O–H groups in total. The standard InChI is InChI=1S/C15H22N4O/c16-19-15-14(6-17-8-18-15)20-7-13-11-2-9-1-10(4-11)5-12(13)3-9/h6,8-13H,1-5,7,16H2,(H,17,18,19). The van der Waals surface area contributed by atoms with E-state index in [1.54, 1.807) is 6.20 Å². The van der Waals surface area contributed by atoms with Gasteiger partial charge in [-0.3, -0.25) is 0 Å². The lowest BCUT2D eigenvalue weighted by molar-refractivity contribution is -0.0529. The van der Waals surface area contributed by atoms with Gasteiger partial charge >= 0.3 is 0 Å². The number of nitrogens with zero attached hydrogens (tertiary/aromatic N) is 2. The Morgan fingerprint density at radius 2 is 1.85 bits per heavy atom. The van der Waals surface area contributed by atoms with Crippen molar-refractivity contribution in [3.8, 4) is 5.75 Å². The number of rotatable bonds is 4. The van der Waals surface area contributed by atoms with E-state index in [0.29, 0.717) is 17.5 Å². The van der Waals surface area contributed by atoms with E-state index >= 15 is 0 Å². The van der Waals surface area contributed by atoms with Crippen LogP contribution in [-0.4, -0.2) is 16.6 Å². The first kappa shape index (κ1) is 12.4. The second kappa shape index (κ2) is 4.88. The van der Waals surface area contributed by atoms with E-state index in [9.17, 15) is 0 Å². The van der Waals surface area contributed by atoms with Crippen LogP contribution in [0.3, 0.4) is 0 Å². The SMILES string of the molecule is NNc1ncncc1OCC1C2CC3CC(C2)CC1C3. The number of nitrogens with two attached hydrogens (primary N) is 1. The van der Waals surface area contributed by atoms with Crippen LogP contribution in [-0.2, 0) is 0 Å². The lowest BCUT2D eigenvalue weighted by Crippen LogP contribution is -2.47. The first-order valence-corrected chi connectivity index (χ1v) is 7.73. The fourth-order valence-corrected chi connectivity index (χ4v) is 5.03. The Bertz CT molecular complexity index is 465. The average Bonchev–Trinajstić information content (AvgIpc) is 2.46. The minimum atomic E-state index is 0.573. The summed E-state index contributed by atoms with van der Waals surface area (Å²) < 4.78 is 5.99. The Labute approximate surface area is 119 Å². The van der Waals surface area contributed by atoms with Gasteiger partial charge in [-0.2, -0.15) is 0 Å². The monoisotopic (exact) mass is 274 g/mol. The summed E-state index contributed by atoms with van der Waals surface area (Å²) in [5.74, 6) is 11.2. The van der Waals surface area contributed by atoms with E-state index in [0.717, 1.165) is 30.3 Å². The number of anilines is 1. The highest BCUT2D eigenvalue weighted by atomic mass is 16.5. The molecule has 5 nitrogen and oxygen atoms in total. The van der Waals surface area contributed by atoms with Gasteiger partial charge in [-0.1, -0.05) is 0 Å². The van der Waals surface area contributed by atoms with E-state index < -0.39 is 0 Å². The molecule has 20 heavy (non-hydrogen) atoms. The normalized spacial score (nSPS) is 38.0. The van der Waals surface area contributed by atoms with Crippen LogP contribution in [0.2, 0.25) is 0 Å². The molecule has 0 saturated heterocycles. The summed E-state index contributed by atoms with van der Waals surface area (Å²) in [6, 6.07) is 0. The third kappa shape index (κ3) is 2.04. The maximum absolute atomic E-state index is 5.99. The van der Waals surface area contributed by atoms with Gasteiger partial charge in [0.2, 0.25) is 0 Å². The summed E-state index contributed by atoms with van der Waals surface area (Å²) in [7, 11) is 0. The van der Waals surface area contributed by atoms with Crippen LogP contribution >= 0.6 is 0 Å². The number of hydrazine groups is 1. The Kier molecular flexibility index (Phi) is 3.02. The minimum absolute atomic E-state index is 0.573. The van der Waals surface area contributed by atoms with Crippen LogP contribution in [0.1, 0.15) is 32.1 Å². The van der Waals surface area contributed by atoms with Gasteiger partial charge < -0.3 is 10.2 Å². The second-order valence-electron chi connectivity index (χ2n) is 6.79. The summed E-state index contributed by atoms with van der Waals surface area (Å²) >= 11 is 0. The third-order valence-corrected chi connectivity index (χ3v) is 5.67. The minimum Gasteiger partial charge on any atom is -0.488 e. The van der Waals surface area contributed by atoms with Crippen molar-refractivity contribution in [1.82, 2.24) is 9.97 Å². The quantitative estimate of drug-likeness (QED) is 0.650. The zero-order chi connectivity index (χ0) is 13.5. The molecule has 0 atom stereocenters. The summed E-state index contributed by atoms with van der Waals surface area (Å²) in [5, 5.41) is 0. The summed E-state index contributed by atoms with van der Waals surface area (Å²) in [5.41, 5.74) is 2.57. The van der Waals surface area contributed by atoms with Gasteiger partial charge in [-0.25, -0.2) is 15.8 Å². The van der Waals surface area contributed by atoms with Crippen molar-refractivity contribution in [1.29, 1.82) is 0 Å². The molecule has 4 aliphatic rings. The topological polar surface area (TPSA) is 73.1 Å². The fourth-order valence-electron chi connectivity index (χ4n) is 5.03. The van der Waals surface area contributed by atoms with Crippen molar-refractivity contribution in [2.75, 3.05) is 12.0 Å². The molecule has 4 saturated carbocycles. The Hall–Kier alpha value is -1.36. The molecule has 1 aromatic heterocycles. The number of nitrogens with one attached hydrogen (secondary N) is 1. The largest absolute Gasteiger partial charge is 0.488 e. The summed E-state index contributed by atoms with van der Waals surface area (Å²) in [6.45, 7) is 0.789. The smallest absolute Gasteiger partial charge is 0.186 e. The lowest BCUT2D eigenvalue weighted by Gasteiger charge is -2.54. The van der Waals surface area contributed by atoms with E-state index in [2.05, 4.69) is 15.4 Å². The van der Waals surface area contributed by atoms with Crippen molar-refractivity contribution < 1.29 is 4.74 Å². The van der Waals surface area contributed by atoms with E-state index in [1.165, 1.54) is 38.4 Å². The fraction of sp³-hybridized carbons (Fsp3) is 0.733. The number of ether oxygens (including phenoxy) is 1. The molecular weight excluding hydrogens is 252 g/mol. The van der Waals surface area contributed by atoms with Gasteiger partial charge in [-0.05, 0) is 61.7 Å². The highest BCUT2D eigenvalue weighted by Crippen LogP contribution is 2.56. The van der Waals surface area contributed by atoms with Crippen LogP contribution in [0.4, 0.5) is 5.82 Å². The molecule has 108 valence electrons. The zero-order valence-corrected chi connectivity index (χ0v) is 11.7. The van der Waals surface area contributed by atoms with Gasteiger partial charge in [0.25, 0.3) is 0 Å². The van der Waals surface area contributed by atoms with Crippen molar-refractivity contribution in [3.05, 3.63) is 12.5 Å². The molecule has 0 aliphatic heterocycles. The number of hydrogen-bond donors (Lipinski definition) is 2. The van der Waals surface area contributed by atoms with Gasteiger partial charge in [0.1, 0.15) is 6.33 Å². The maximum atomic E-state index is 5.99. The highest BCUT2D eigenvalue weighted by molar-refractivity contribution is 5.46. The van der Waals surface area contributed by atoms with E-state index in [1.807, 2.05) is 0 Å². The maximum Gasteiger partial charge on any atom is 0.186 e. The van der Waals surface area contributed by atoms with Gasteiger partial charge in [0.15, 0.2) is 11.6 Å².